The van der Waals surface area contributed by atoms with Crippen LogP contribution in [0, 0.1) is 6.92 Å². The van der Waals surface area contributed by atoms with Crippen LogP contribution in [-0.4, -0.2) is 76.2 Å². The Kier molecular flexibility index (Phi) is 7.86. The first-order valence-electron chi connectivity index (χ1n) is 10.2. The number of phenols is 4. The lowest BCUT2D eigenvalue weighted by Crippen LogP contribution is -2.54. The standard InChI is InChI=1S/C21H22N2O11S2/c1-9-15(25)5-16(26)11-7-35-8-13(20(29)30)22-19(28)12(6-34-21(31)18(9)11)23-36(32,33)10-2-3-14(24)17(27)4-10/h2-5,12-13,23-27H,6-8H2,1H3,(H,22,28)(H,29,30)/t12-,13-/m0/s1. The van der Waals surface area contributed by atoms with Crippen LogP contribution in [0.5, 0.6) is 23.0 Å². The minimum absolute atomic E-state index is 0.0568. The van der Waals surface area contributed by atoms with Crippen molar-refractivity contribution in [3.63, 3.8) is 0 Å². The number of cyclic esters (lactones) is 1. The van der Waals surface area contributed by atoms with E-state index in [2.05, 4.69) is 5.32 Å². The number of benzene rings is 2. The fourth-order valence-electron chi connectivity index (χ4n) is 3.28. The Morgan fingerprint density at radius 1 is 1.08 bits per heavy atom. The molecule has 13 nitrogen and oxygen atoms in total. The lowest BCUT2D eigenvalue weighted by molar-refractivity contribution is -0.141. The Bertz CT molecular complexity index is 1330. The van der Waals surface area contributed by atoms with Crippen LogP contribution < -0.4 is 10.0 Å². The van der Waals surface area contributed by atoms with Crippen molar-refractivity contribution in [1.29, 1.82) is 0 Å². The number of rotatable bonds is 4. The highest BCUT2D eigenvalue weighted by molar-refractivity contribution is 7.98. The average molecular weight is 543 g/mol. The molecule has 1 amide bonds. The number of thioether (sulfide) groups is 1. The molecule has 0 radical (unpaired) electrons. The van der Waals surface area contributed by atoms with Gasteiger partial charge >= 0.3 is 11.9 Å². The molecule has 15 heteroatoms. The molecule has 3 rings (SSSR count). The van der Waals surface area contributed by atoms with Gasteiger partial charge in [-0.05, 0) is 19.1 Å². The molecule has 0 saturated carbocycles. The van der Waals surface area contributed by atoms with E-state index in [9.17, 15) is 48.3 Å². The molecule has 1 aliphatic rings. The van der Waals surface area contributed by atoms with Gasteiger partial charge in [-0.25, -0.2) is 18.0 Å². The number of ether oxygens (including phenoxy) is 1. The van der Waals surface area contributed by atoms with E-state index in [0.29, 0.717) is 0 Å². The van der Waals surface area contributed by atoms with Crippen molar-refractivity contribution in [2.75, 3.05) is 12.4 Å². The number of nitrogens with one attached hydrogen (secondary N) is 2. The summed E-state index contributed by atoms with van der Waals surface area (Å²) < 4.78 is 32.8. The van der Waals surface area contributed by atoms with Crippen LogP contribution in [0.25, 0.3) is 0 Å². The Balaban J connectivity index is 2.00. The highest BCUT2D eigenvalue weighted by atomic mass is 32.2. The third-order valence-corrected chi connectivity index (χ3v) is 7.78. The second kappa shape index (κ2) is 10.5. The van der Waals surface area contributed by atoms with Crippen LogP contribution >= 0.6 is 11.8 Å². The zero-order chi connectivity index (χ0) is 26.8. The number of phenolic OH excluding ortho intramolecular Hbond substituents is 4. The first-order valence-corrected chi connectivity index (χ1v) is 12.8. The van der Waals surface area contributed by atoms with Crippen molar-refractivity contribution in [2.45, 2.75) is 29.7 Å². The minimum atomic E-state index is -4.54. The second-order valence-corrected chi connectivity index (χ2v) is 10.5. The predicted molar refractivity (Wildman–Crippen MR) is 124 cm³/mol. The molecular formula is C21H22N2O11S2. The fourth-order valence-corrected chi connectivity index (χ4v) is 5.55. The van der Waals surface area contributed by atoms with E-state index in [4.69, 9.17) is 4.74 Å². The van der Waals surface area contributed by atoms with E-state index in [1.807, 2.05) is 4.72 Å². The first-order chi connectivity index (χ1) is 16.8. The van der Waals surface area contributed by atoms with Gasteiger partial charge in [-0.2, -0.15) is 16.5 Å². The Labute approximate surface area is 208 Å². The Hall–Kier alpha value is -3.69. The van der Waals surface area contributed by atoms with Crippen LogP contribution in [0.4, 0.5) is 0 Å². The molecule has 0 bridgehead atoms. The summed E-state index contributed by atoms with van der Waals surface area (Å²) >= 11 is 0.959. The summed E-state index contributed by atoms with van der Waals surface area (Å²) in [6.45, 7) is 0.498. The average Bonchev–Trinajstić information content (AvgIpc) is 2.79. The maximum Gasteiger partial charge on any atom is 0.339 e. The molecule has 7 N–H and O–H groups in total. The molecule has 0 aliphatic carbocycles. The normalized spacial score (nSPS) is 19.2. The van der Waals surface area contributed by atoms with E-state index in [-0.39, 0.29) is 28.2 Å². The van der Waals surface area contributed by atoms with Crippen molar-refractivity contribution in [3.8, 4) is 23.0 Å². The lowest BCUT2D eigenvalue weighted by Gasteiger charge is -2.23. The number of fused-ring (bicyclic) bond motifs is 1. The molecule has 194 valence electrons. The van der Waals surface area contributed by atoms with E-state index < -0.39 is 74.5 Å². The van der Waals surface area contributed by atoms with Crippen LogP contribution in [0.1, 0.15) is 21.5 Å². The van der Waals surface area contributed by atoms with Gasteiger partial charge in [0, 0.05) is 34.8 Å². The molecule has 0 unspecified atom stereocenters. The van der Waals surface area contributed by atoms with Crippen molar-refractivity contribution < 1.29 is 53.1 Å². The zero-order valence-electron chi connectivity index (χ0n) is 18.6. The van der Waals surface area contributed by atoms with Crippen LogP contribution in [-0.2, 0) is 30.1 Å². The molecule has 2 aromatic rings. The molecule has 2 aromatic carbocycles. The van der Waals surface area contributed by atoms with Gasteiger partial charge in [-0.3, -0.25) is 4.79 Å². The van der Waals surface area contributed by atoms with Crippen molar-refractivity contribution >= 4 is 39.6 Å². The predicted octanol–water partition coefficient (Wildman–Crippen LogP) is 0.138. The third-order valence-electron chi connectivity index (χ3n) is 5.25. The first kappa shape index (κ1) is 26.9. The fraction of sp³-hybridized carbons (Fsp3) is 0.286. The van der Waals surface area contributed by atoms with Gasteiger partial charge in [0.15, 0.2) is 11.5 Å². The molecule has 0 fully saturated rings. The highest BCUT2D eigenvalue weighted by Crippen LogP contribution is 2.35. The number of aromatic hydroxyl groups is 4. The van der Waals surface area contributed by atoms with Crippen LogP contribution in [0.2, 0.25) is 0 Å². The largest absolute Gasteiger partial charge is 0.508 e. The number of hydrogen-bond donors (Lipinski definition) is 7. The van der Waals surface area contributed by atoms with Gasteiger partial charge in [0.1, 0.15) is 30.2 Å². The summed E-state index contributed by atoms with van der Waals surface area (Å²) in [4.78, 5) is 36.8. The smallest absolute Gasteiger partial charge is 0.339 e. The summed E-state index contributed by atoms with van der Waals surface area (Å²) in [5.41, 5.74) is -0.0904. The number of hydrogen-bond acceptors (Lipinski definition) is 11. The summed E-state index contributed by atoms with van der Waals surface area (Å²) in [6.07, 6.45) is 0. The molecule has 0 saturated heterocycles. The quantitative estimate of drug-likeness (QED) is 0.203. The molecule has 36 heavy (non-hydrogen) atoms. The van der Waals surface area contributed by atoms with Crippen molar-refractivity contribution in [2.24, 2.45) is 0 Å². The van der Waals surface area contributed by atoms with Crippen LogP contribution in [0.15, 0.2) is 29.2 Å². The molecule has 0 aromatic heterocycles. The number of aliphatic carboxylic acids is 1. The SMILES string of the molecule is Cc1c(O)cc(O)c2c1C(=O)OC[C@H](NS(=O)(=O)c1ccc(O)c(O)c1)C(=O)N[C@H](C(=O)O)CSC2. The number of sulfonamides is 1. The molecule has 2 atom stereocenters. The summed E-state index contributed by atoms with van der Waals surface area (Å²) in [6, 6.07) is 0.314. The van der Waals surface area contributed by atoms with Crippen molar-refractivity contribution in [1.82, 2.24) is 10.0 Å². The number of carbonyl (C=O) groups excluding carboxylic acids is 2. The number of carbonyl (C=O) groups is 3. The molecule has 1 heterocycles. The van der Waals surface area contributed by atoms with Gasteiger partial charge in [-0.1, -0.05) is 0 Å². The zero-order valence-corrected chi connectivity index (χ0v) is 20.2. The van der Waals surface area contributed by atoms with E-state index in [0.717, 1.165) is 36.0 Å². The van der Waals surface area contributed by atoms with Gasteiger partial charge in [0.25, 0.3) is 0 Å². The van der Waals surface area contributed by atoms with Gasteiger partial charge < -0.3 is 35.6 Å². The van der Waals surface area contributed by atoms with Gasteiger partial charge in [-0.15, -0.1) is 0 Å². The number of amides is 1. The van der Waals surface area contributed by atoms with Gasteiger partial charge in [0.2, 0.25) is 15.9 Å². The maximum absolute atomic E-state index is 12.9. The highest BCUT2D eigenvalue weighted by Gasteiger charge is 2.33. The molecular weight excluding hydrogens is 520 g/mol. The summed E-state index contributed by atoms with van der Waals surface area (Å²) in [5.74, 6) is -6.04. The number of carboxylic acid groups (broad SMARTS) is 1. The monoisotopic (exact) mass is 542 g/mol. The number of esters is 1. The van der Waals surface area contributed by atoms with Crippen LogP contribution in [0.3, 0.4) is 0 Å². The maximum atomic E-state index is 12.9. The summed E-state index contributed by atoms with van der Waals surface area (Å²) in [5, 5.41) is 51.1. The summed E-state index contributed by atoms with van der Waals surface area (Å²) in [7, 11) is -4.54. The lowest BCUT2D eigenvalue weighted by atomic mass is 10.0. The number of carboxylic acids is 1. The minimum Gasteiger partial charge on any atom is -0.508 e. The topological polar surface area (TPSA) is 220 Å². The Morgan fingerprint density at radius 2 is 1.78 bits per heavy atom. The Morgan fingerprint density at radius 3 is 2.42 bits per heavy atom. The van der Waals surface area contributed by atoms with E-state index >= 15 is 0 Å². The third kappa shape index (κ3) is 5.75. The van der Waals surface area contributed by atoms with Gasteiger partial charge in [0.05, 0.1) is 10.5 Å². The van der Waals surface area contributed by atoms with E-state index in [1.54, 1.807) is 0 Å². The molecule has 1 aliphatic heterocycles. The van der Waals surface area contributed by atoms with Crippen molar-refractivity contribution in [3.05, 3.63) is 41.0 Å². The molecule has 0 spiro atoms. The second-order valence-electron chi connectivity index (χ2n) is 7.73. The van der Waals surface area contributed by atoms with E-state index in [1.165, 1.54) is 6.92 Å².